The molecule has 0 amide bonds. The molecule has 0 aliphatic carbocycles. The first-order chi connectivity index (χ1) is 11.3. The fourth-order valence-corrected chi connectivity index (χ4v) is 2.00. The molecule has 2 heterocycles. The van der Waals surface area contributed by atoms with Crippen LogP contribution in [-0.4, -0.2) is 45.5 Å². The van der Waals surface area contributed by atoms with Crippen molar-refractivity contribution in [3.8, 4) is 5.75 Å². The smallest absolute Gasteiger partial charge is 0.250 e. The van der Waals surface area contributed by atoms with Crippen molar-refractivity contribution in [2.24, 2.45) is 0 Å². The fraction of sp³-hybridized carbons (Fsp3) is 0.333. The predicted molar refractivity (Wildman–Crippen MR) is 80.0 cm³/mol. The molecule has 8 heteroatoms. The molecular weight excluding hydrogens is 298 g/mol. The minimum Gasteiger partial charge on any atom is -0.491 e. The van der Waals surface area contributed by atoms with Crippen LogP contribution in [0.15, 0.2) is 41.2 Å². The molecule has 3 rings (SSSR count). The highest BCUT2D eigenvalue weighted by Gasteiger charge is 2.08. The van der Waals surface area contributed by atoms with Gasteiger partial charge in [-0.05, 0) is 17.7 Å². The molecule has 2 aromatic heterocycles. The topological polar surface area (TPSA) is 88.1 Å². The summed E-state index contributed by atoms with van der Waals surface area (Å²) >= 11 is 0. The summed E-state index contributed by atoms with van der Waals surface area (Å²) in [4.78, 5) is 5.83. The third-order valence-electron chi connectivity index (χ3n) is 3.10. The van der Waals surface area contributed by atoms with Crippen LogP contribution in [0.5, 0.6) is 5.75 Å². The Balaban J connectivity index is 1.55. The van der Waals surface area contributed by atoms with E-state index < -0.39 is 0 Å². The SMILES string of the molecule is COCCOc1ccc(Cc2noc(Cn3nccn3)n2)cc1. The van der Waals surface area contributed by atoms with Crippen LogP contribution in [-0.2, 0) is 17.7 Å². The Morgan fingerprint density at radius 1 is 1.09 bits per heavy atom. The molecule has 0 spiro atoms. The van der Waals surface area contributed by atoms with E-state index in [2.05, 4.69) is 20.3 Å². The van der Waals surface area contributed by atoms with Crippen molar-refractivity contribution in [2.45, 2.75) is 13.0 Å². The zero-order valence-corrected chi connectivity index (χ0v) is 12.8. The molecule has 0 aliphatic heterocycles. The van der Waals surface area contributed by atoms with E-state index in [-0.39, 0.29) is 0 Å². The van der Waals surface area contributed by atoms with Gasteiger partial charge in [0.25, 0.3) is 0 Å². The monoisotopic (exact) mass is 315 g/mol. The van der Waals surface area contributed by atoms with Crippen molar-refractivity contribution < 1.29 is 14.0 Å². The summed E-state index contributed by atoms with van der Waals surface area (Å²) in [6.45, 7) is 1.47. The van der Waals surface area contributed by atoms with Gasteiger partial charge in [-0.2, -0.15) is 20.0 Å². The number of rotatable bonds is 8. The molecule has 8 nitrogen and oxygen atoms in total. The van der Waals surface area contributed by atoms with Crippen LogP contribution >= 0.6 is 0 Å². The van der Waals surface area contributed by atoms with E-state index in [1.807, 2.05) is 24.3 Å². The van der Waals surface area contributed by atoms with Crippen LogP contribution in [0.25, 0.3) is 0 Å². The van der Waals surface area contributed by atoms with Crippen molar-refractivity contribution in [1.82, 2.24) is 25.1 Å². The summed E-state index contributed by atoms with van der Waals surface area (Å²) in [6.07, 6.45) is 3.80. The summed E-state index contributed by atoms with van der Waals surface area (Å²) in [5.74, 6) is 1.92. The second-order valence-corrected chi connectivity index (χ2v) is 4.83. The van der Waals surface area contributed by atoms with Crippen LogP contribution in [0.4, 0.5) is 0 Å². The maximum Gasteiger partial charge on any atom is 0.250 e. The zero-order valence-electron chi connectivity index (χ0n) is 12.8. The molecule has 0 atom stereocenters. The Bertz CT molecular complexity index is 709. The van der Waals surface area contributed by atoms with Crippen LogP contribution in [0, 0.1) is 0 Å². The van der Waals surface area contributed by atoms with Gasteiger partial charge in [-0.25, -0.2) is 0 Å². The van der Waals surface area contributed by atoms with Crippen LogP contribution in [0.3, 0.4) is 0 Å². The highest BCUT2D eigenvalue weighted by molar-refractivity contribution is 5.28. The van der Waals surface area contributed by atoms with Crippen molar-refractivity contribution in [3.63, 3.8) is 0 Å². The highest BCUT2D eigenvalue weighted by atomic mass is 16.5. The number of nitrogens with zero attached hydrogens (tertiary/aromatic N) is 5. The molecule has 1 aromatic carbocycles. The van der Waals surface area contributed by atoms with Gasteiger partial charge in [0.2, 0.25) is 5.89 Å². The molecule has 3 aromatic rings. The summed E-state index contributed by atoms with van der Waals surface area (Å²) < 4.78 is 15.7. The summed E-state index contributed by atoms with van der Waals surface area (Å²) in [5, 5.41) is 12.0. The molecule has 120 valence electrons. The molecule has 0 fully saturated rings. The standard InChI is InChI=1S/C15H17N5O3/c1-21-8-9-22-13-4-2-12(3-5-13)10-14-18-15(23-19-14)11-20-16-6-7-17-20/h2-7H,8-11H2,1H3. The fourth-order valence-electron chi connectivity index (χ4n) is 2.00. The number of hydrogen-bond acceptors (Lipinski definition) is 7. The third-order valence-corrected chi connectivity index (χ3v) is 3.10. The van der Waals surface area contributed by atoms with Gasteiger partial charge >= 0.3 is 0 Å². The summed E-state index contributed by atoms with van der Waals surface area (Å²) in [7, 11) is 1.65. The van der Waals surface area contributed by atoms with E-state index in [1.165, 1.54) is 4.80 Å². The second kappa shape index (κ2) is 7.50. The lowest BCUT2D eigenvalue weighted by Gasteiger charge is -2.05. The Hall–Kier alpha value is -2.74. The summed E-state index contributed by atoms with van der Waals surface area (Å²) in [5.41, 5.74) is 1.08. The van der Waals surface area contributed by atoms with E-state index in [4.69, 9.17) is 14.0 Å². The van der Waals surface area contributed by atoms with Gasteiger partial charge < -0.3 is 14.0 Å². The Morgan fingerprint density at radius 2 is 1.87 bits per heavy atom. The minimum absolute atomic E-state index is 0.367. The molecule has 0 saturated carbocycles. The minimum atomic E-state index is 0.367. The molecule has 0 N–H and O–H groups in total. The van der Waals surface area contributed by atoms with Gasteiger partial charge in [-0.15, -0.1) is 0 Å². The van der Waals surface area contributed by atoms with E-state index in [1.54, 1.807) is 19.5 Å². The number of benzene rings is 1. The Morgan fingerprint density at radius 3 is 2.61 bits per heavy atom. The number of ether oxygens (including phenoxy) is 2. The van der Waals surface area contributed by atoms with Gasteiger partial charge in [0.15, 0.2) is 5.82 Å². The molecule has 23 heavy (non-hydrogen) atoms. The first-order valence-corrected chi connectivity index (χ1v) is 7.20. The predicted octanol–water partition coefficient (Wildman–Crippen LogP) is 1.33. The first-order valence-electron chi connectivity index (χ1n) is 7.20. The first kappa shape index (κ1) is 15.2. The molecule has 0 aliphatic rings. The van der Waals surface area contributed by atoms with Crippen molar-refractivity contribution >= 4 is 0 Å². The van der Waals surface area contributed by atoms with Crippen molar-refractivity contribution in [1.29, 1.82) is 0 Å². The lowest BCUT2D eigenvalue weighted by Crippen LogP contribution is -2.04. The van der Waals surface area contributed by atoms with Gasteiger partial charge in [-0.1, -0.05) is 17.3 Å². The quantitative estimate of drug-likeness (QED) is 0.579. The molecule has 0 bridgehead atoms. The molecule has 0 radical (unpaired) electrons. The third kappa shape index (κ3) is 4.36. The Kier molecular flexibility index (Phi) is 4.95. The van der Waals surface area contributed by atoms with Gasteiger partial charge in [0.1, 0.15) is 18.9 Å². The van der Waals surface area contributed by atoms with Gasteiger partial charge in [0, 0.05) is 13.5 Å². The zero-order chi connectivity index (χ0) is 15.9. The van der Waals surface area contributed by atoms with Crippen LogP contribution in [0.2, 0.25) is 0 Å². The number of hydrogen-bond donors (Lipinski definition) is 0. The number of aromatic nitrogens is 5. The average molecular weight is 315 g/mol. The lowest BCUT2D eigenvalue weighted by molar-refractivity contribution is 0.146. The van der Waals surface area contributed by atoms with E-state index in [9.17, 15) is 0 Å². The van der Waals surface area contributed by atoms with Gasteiger partial charge in [0.05, 0.1) is 19.0 Å². The van der Waals surface area contributed by atoms with E-state index >= 15 is 0 Å². The maximum absolute atomic E-state index is 5.52. The van der Waals surface area contributed by atoms with E-state index in [0.29, 0.717) is 37.9 Å². The van der Waals surface area contributed by atoms with Crippen molar-refractivity contribution in [3.05, 3.63) is 53.9 Å². The largest absolute Gasteiger partial charge is 0.491 e. The molecular formula is C15H17N5O3. The Labute approximate surface area is 133 Å². The van der Waals surface area contributed by atoms with Crippen molar-refractivity contribution in [2.75, 3.05) is 20.3 Å². The van der Waals surface area contributed by atoms with Gasteiger partial charge in [-0.3, -0.25) is 0 Å². The highest BCUT2D eigenvalue weighted by Crippen LogP contribution is 2.14. The molecule has 0 unspecified atom stereocenters. The average Bonchev–Trinajstić information content (AvgIpc) is 3.22. The molecule has 0 saturated heterocycles. The maximum atomic E-state index is 5.52. The van der Waals surface area contributed by atoms with Crippen LogP contribution in [0.1, 0.15) is 17.3 Å². The normalized spacial score (nSPS) is 10.8. The lowest BCUT2D eigenvalue weighted by atomic mass is 10.1. The second-order valence-electron chi connectivity index (χ2n) is 4.83. The van der Waals surface area contributed by atoms with E-state index in [0.717, 1.165) is 11.3 Å². The summed E-state index contributed by atoms with van der Waals surface area (Å²) in [6, 6.07) is 7.79. The number of methoxy groups -OCH3 is 1. The van der Waals surface area contributed by atoms with Crippen LogP contribution < -0.4 is 4.74 Å².